The molecule has 28 heavy (non-hydrogen) atoms. The van der Waals surface area contributed by atoms with Gasteiger partial charge in [0.2, 0.25) is 0 Å². The lowest BCUT2D eigenvalue weighted by molar-refractivity contribution is -0.137. The quantitative estimate of drug-likeness (QED) is 0.630. The lowest BCUT2D eigenvalue weighted by Gasteiger charge is -2.39. The van der Waals surface area contributed by atoms with Gasteiger partial charge in [-0.2, -0.15) is 13.2 Å². The van der Waals surface area contributed by atoms with Gasteiger partial charge < -0.3 is 9.64 Å². The summed E-state index contributed by atoms with van der Waals surface area (Å²) in [6, 6.07) is 3.10. The van der Waals surface area contributed by atoms with Gasteiger partial charge in [0.1, 0.15) is 5.60 Å². The standard InChI is InChI=1S/C21H26F3NO3/c1-12-5-6-14(21(22,23)24)11-17(12)18(26)13-9-15-7-8-16(10-13)25(15)19(27)28-20(2,3)4/h5-6,11,13,15-16H,7-10H2,1-4H3. The predicted molar refractivity (Wildman–Crippen MR) is 98.1 cm³/mol. The third kappa shape index (κ3) is 4.18. The molecule has 7 heteroatoms. The van der Waals surface area contributed by atoms with Crippen molar-refractivity contribution in [3.8, 4) is 0 Å². The van der Waals surface area contributed by atoms with Crippen molar-refractivity contribution in [2.75, 3.05) is 0 Å². The number of Topliss-reactive ketones (excluding diaryl/α,β-unsaturated/α-hetero) is 1. The molecule has 0 aromatic heterocycles. The molecule has 1 amide bonds. The fourth-order valence-corrected chi connectivity index (χ4v) is 4.29. The average molecular weight is 397 g/mol. The highest BCUT2D eigenvalue weighted by molar-refractivity contribution is 5.99. The molecule has 4 nitrogen and oxygen atoms in total. The fourth-order valence-electron chi connectivity index (χ4n) is 4.29. The number of hydrogen-bond acceptors (Lipinski definition) is 3. The Kier molecular flexibility index (Phi) is 5.23. The summed E-state index contributed by atoms with van der Waals surface area (Å²) in [6.07, 6.45) is -2.36. The highest BCUT2D eigenvalue weighted by Gasteiger charge is 2.46. The summed E-state index contributed by atoms with van der Waals surface area (Å²) in [4.78, 5) is 27.3. The number of alkyl halides is 3. The number of fused-ring (bicyclic) bond motifs is 2. The van der Waals surface area contributed by atoms with Crippen LogP contribution in [0.1, 0.15) is 67.9 Å². The third-order valence-electron chi connectivity index (χ3n) is 5.54. The van der Waals surface area contributed by atoms with Crippen LogP contribution < -0.4 is 0 Å². The summed E-state index contributed by atoms with van der Waals surface area (Å²) < 4.78 is 44.6. The monoisotopic (exact) mass is 397 g/mol. The number of nitrogens with zero attached hydrogens (tertiary/aromatic N) is 1. The van der Waals surface area contributed by atoms with Gasteiger partial charge in [0.15, 0.2) is 5.78 Å². The number of carbonyl (C=O) groups excluding carboxylic acids is 2. The van der Waals surface area contributed by atoms with Gasteiger partial charge in [-0.25, -0.2) is 4.79 Å². The SMILES string of the molecule is Cc1ccc(C(F)(F)F)cc1C(=O)C1CC2CCC(C1)N2C(=O)OC(C)(C)C. The topological polar surface area (TPSA) is 46.6 Å². The lowest BCUT2D eigenvalue weighted by Crippen LogP contribution is -2.49. The molecule has 0 saturated carbocycles. The maximum Gasteiger partial charge on any atom is 0.416 e. The van der Waals surface area contributed by atoms with Crippen LogP contribution in [-0.4, -0.2) is 34.5 Å². The lowest BCUT2D eigenvalue weighted by atomic mass is 9.83. The zero-order chi connectivity index (χ0) is 20.9. The third-order valence-corrected chi connectivity index (χ3v) is 5.54. The predicted octanol–water partition coefficient (Wildman–Crippen LogP) is 5.37. The van der Waals surface area contributed by atoms with Crippen molar-refractivity contribution in [2.24, 2.45) is 5.92 Å². The molecule has 1 aromatic rings. The first-order valence-electron chi connectivity index (χ1n) is 9.60. The molecule has 2 unspecified atom stereocenters. The molecule has 2 fully saturated rings. The molecular formula is C21H26F3NO3. The Morgan fingerprint density at radius 1 is 1.07 bits per heavy atom. The molecule has 154 valence electrons. The minimum Gasteiger partial charge on any atom is -0.444 e. The maximum absolute atomic E-state index is 13.0. The van der Waals surface area contributed by atoms with Crippen molar-refractivity contribution < 1.29 is 27.5 Å². The van der Waals surface area contributed by atoms with Crippen molar-refractivity contribution in [3.63, 3.8) is 0 Å². The molecule has 2 heterocycles. The van der Waals surface area contributed by atoms with E-state index in [1.54, 1.807) is 32.6 Å². The summed E-state index contributed by atoms with van der Waals surface area (Å²) in [5, 5.41) is 0. The van der Waals surface area contributed by atoms with Crippen molar-refractivity contribution in [1.29, 1.82) is 0 Å². The Balaban J connectivity index is 1.78. The molecule has 0 spiro atoms. The Morgan fingerprint density at radius 3 is 2.14 bits per heavy atom. The molecular weight excluding hydrogens is 371 g/mol. The zero-order valence-electron chi connectivity index (χ0n) is 16.6. The molecule has 2 atom stereocenters. The number of ketones is 1. The molecule has 0 N–H and O–H groups in total. The minimum atomic E-state index is -4.48. The summed E-state index contributed by atoms with van der Waals surface area (Å²) in [6.45, 7) is 7.07. The van der Waals surface area contributed by atoms with E-state index in [2.05, 4.69) is 0 Å². The summed E-state index contributed by atoms with van der Waals surface area (Å²) in [5.41, 5.74) is -0.737. The van der Waals surface area contributed by atoms with E-state index in [9.17, 15) is 22.8 Å². The number of hydrogen-bond donors (Lipinski definition) is 0. The van der Waals surface area contributed by atoms with Crippen molar-refractivity contribution in [1.82, 2.24) is 4.90 Å². The van der Waals surface area contributed by atoms with Crippen LogP contribution >= 0.6 is 0 Å². The van der Waals surface area contributed by atoms with Crippen LogP contribution in [0.25, 0.3) is 0 Å². The molecule has 0 radical (unpaired) electrons. The molecule has 2 aliphatic rings. The van der Waals surface area contributed by atoms with E-state index >= 15 is 0 Å². The second-order valence-corrected chi connectivity index (χ2v) is 8.83. The average Bonchev–Trinajstić information content (AvgIpc) is 2.82. The number of rotatable bonds is 2. The molecule has 1 aromatic carbocycles. The van der Waals surface area contributed by atoms with Crippen LogP contribution in [0, 0.1) is 12.8 Å². The Labute approximate surface area is 163 Å². The Hall–Kier alpha value is -2.05. The largest absolute Gasteiger partial charge is 0.444 e. The van der Waals surface area contributed by atoms with Gasteiger partial charge in [0.05, 0.1) is 5.56 Å². The first-order valence-corrected chi connectivity index (χ1v) is 9.60. The first-order chi connectivity index (χ1) is 12.9. The molecule has 2 aliphatic heterocycles. The van der Waals surface area contributed by atoms with Crippen LogP contribution in [0.5, 0.6) is 0 Å². The number of benzene rings is 1. The van der Waals surface area contributed by atoms with Gasteiger partial charge in [0, 0.05) is 23.6 Å². The van der Waals surface area contributed by atoms with E-state index in [0.29, 0.717) is 18.4 Å². The molecule has 2 bridgehead atoms. The van der Waals surface area contributed by atoms with Gasteiger partial charge in [-0.3, -0.25) is 4.79 Å². The van der Waals surface area contributed by atoms with E-state index < -0.39 is 17.3 Å². The second-order valence-electron chi connectivity index (χ2n) is 8.83. The van der Waals surface area contributed by atoms with Crippen LogP contribution in [0.4, 0.5) is 18.0 Å². The van der Waals surface area contributed by atoms with Crippen molar-refractivity contribution in [3.05, 3.63) is 34.9 Å². The van der Waals surface area contributed by atoms with Crippen molar-refractivity contribution in [2.45, 2.75) is 77.2 Å². The number of ether oxygens (including phenoxy) is 1. The maximum atomic E-state index is 13.0. The van der Waals surface area contributed by atoms with E-state index in [-0.39, 0.29) is 35.4 Å². The van der Waals surface area contributed by atoms with Gasteiger partial charge in [-0.1, -0.05) is 6.07 Å². The number of aryl methyl sites for hydroxylation is 1. The van der Waals surface area contributed by atoms with Crippen LogP contribution in [0.15, 0.2) is 18.2 Å². The molecule has 2 saturated heterocycles. The molecule has 3 rings (SSSR count). The number of carbonyl (C=O) groups is 2. The second kappa shape index (κ2) is 7.08. The van der Waals surface area contributed by atoms with Gasteiger partial charge in [-0.05, 0) is 71.1 Å². The summed E-state index contributed by atoms with van der Waals surface area (Å²) >= 11 is 0. The number of halogens is 3. The normalized spacial score (nSPS) is 25.0. The van der Waals surface area contributed by atoms with Gasteiger partial charge in [0.25, 0.3) is 0 Å². The Bertz CT molecular complexity index is 768. The number of piperidine rings is 1. The van der Waals surface area contributed by atoms with E-state index in [1.807, 2.05) is 0 Å². The molecule has 0 aliphatic carbocycles. The highest BCUT2D eigenvalue weighted by atomic mass is 19.4. The van der Waals surface area contributed by atoms with E-state index in [4.69, 9.17) is 4.74 Å². The first kappa shape index (κ1) is 20.7. The summed E-state index contributed by atoms with van der Waals surface area (Å²) in [7, 11) is 0. The fraction of sp³-hybridized carbons (Fsp3) is 0.619. The van der Waals surface area contributed by atoms with Gasteiger partial charge in [-0.15, -0.1) is 0 Å². The smallest absolute Gasteiger partial charge is 0.416 e. The summed E-state index contributed by atoms with van der Waals surface area (Å²) in [5.74, 6) is -0.636. The van der Waals surface area contributed by atoms with Crippen LogP contribution in [0.3, 0.4) is 0 Å². The van der Waals surface area contributed by atoms with E-state index in [1.165, 1.54) is 6.07 Å². The minimum absolute atomic E-state index is 0.103. The zero-order valence-corrected chi connectivity index (χ0v) is 16.6. The highest BCUT2D eigenvalue weighted by Crippen LogP contribution is 2.41. The van der Waals surface area contributed by atoms with E-state index in [0.717, 1.165) is 25.0 Å². The Morgan fingerprint density at radius 2 is 1.64 bits per heavy atom. The van der Waals surface area contributed by atoms with Crippen LogP contribution in [-0.2, 0) is 10.9 Å². The van der Waals surface area contributed by atoms with Crippen LogP contribution in [0.2, 0.25) is 0 Å². The number of amides is 1. The van der Waals surface area contributed by atoms with Crippen molar-refractivity contribution >= 4 is 11.9 Å². The van der Waals surface area contributed by atoms with Gasteiger partial charge >= 0.3 is 12.3 Å².